The maximum atomic E-state index is 13.2. The molecule has 0 spiro atoms. The molecule has 1 unspecified atom stereocenters. The molecule has 100 valence electrons. The van der Waals surface area contributed by atoms with E-state index in [0.717, 1.165) is 6.92 Å². The van der Waals surface area contributed by atoms with Gasteiger partial charge >= 0.3 is 0 Å². The number of nitro groups is 2. The lowest BCUT2D eigenvalue weighted by molar-refractivity contribution is -0.394. The van der Waals surface area contributed by atoms with Crippen molar-refractivity contribution >= 4 is 22.9 Å². The first-order valence-electron chi connectivity index (χ1n) is 4.86. The van der Waals surface area contributed by atoms with Gasteiger partial charge in [0.1, 0.15) is 0 Å². The molecule has 1 atom stereocenters. The number of ketones is 2. The van der Waals surface area contributed by atoms with Gasteiger partial charge in [-0.1, -0.05) is 0 Å². The Morgan fingerprint density at radius 1 is 1.11 bits per heavy atom. The van der Waals surface area contributed by atoms with Gasteiger partial charge in [0.15, 0.2) is 5.78 Å². The predicted molar refractivity (Wildman–Crippen MR) is 59.7 cm³/mol. The highest BCUT2D eigenvalue weighted by Gasteiger charge is 2.27. The summed E-state index contributed by atoms with van der Waals surface area (Å²) >= 11 is 0. The summed E-state index contributed by atoms with van der Waals surface area (Å²) in [5.41, 5.74) is -2.05. The van der Waals surface area contributed by atoms with E-state index in [-0.39, 0.29) is 0 Å². The van der Waals surface area contributed by atoms with E-state index < -0.39 is 44.5 Å². The molecule has 0 bridgehead atoms. The molecule has 9 heteroatoms. The fourth-order valence-electron chi connectivity index (χ4n) is 1.28. The number of benzene rings is 1. The molecule has 0 heterocycles. The molecule has 0 aromatic heterocycles. The molecule has 0 fully saturated rings. The van der Waals surface area contributed by atoms with Gasteiger partial charge in [-0.2, -0.15) is 0 Å². The first-order chi connectivity index (χ1) is 8.73. The van der Waals surface area contributed by atoms with Crippen molar-refractivity contribution in [2.75, 3.05) is 0 Å². The number of nitrogens with zero attached hydrogens (tertiary/aromatic N) is 2. The summed E-state index contributed by atoms with van der Waals surface area (Å²) in [4.78, 5) is 41.5. The van der Waals surface area contributed by atoms with Gasteiger partial charge in [0.2, 0.25) is 12.0 Å². The molecule has 8 nitrogen and oxygen atoms in total. The monoisotopic (exact) mass is 270 g/mol. The molecule has 1 aromatic rings. The highest BCUT2D eigenvalue weighted by atomic mass is 19.1. The number of hydrogen-bond acceptors (Lipinski definition) is 6. The molecule has 0 N–H and O–H groups in total. The van der Waals surface area contributed by atoms with Crippen LogP contribution in [0.2, 0.25) is 0 Å². The maximum Gasteiger partial charge on any atom is 0.277 e. The van der Waals surface area contributed by atoms with E-state index in [1.165, 1.54) is 0 Å². The summed E-state index contributed by atoms with van der Waals surface area (Å²) in [6.45, 7) is 0.828. The lowest BCUT2D eigenvalue weighted by Gasteiger charge is -2.03. The van der Waals surface area contributed by atoms with Crippen molar-refractivity contribution in [1.82, 2.24) is 0 Å². The van der Waals surface area contributed by atoms with Crippen LogP contribution >= 0.6 is 0 Å². The summed E-state index contributed by atoms with van der Waals surface area (Å²) in [5.74, 6) is -2.43. The summed E-state index contributed by atoms with van der Waals surface area (Å²) in [5, 5.41) is 21.1. The van der Waals surface area contributed by atoms with Gasteiger partial charge in [-0.25, -0.2) is 4.39 Å². The van der Waals surface area contributed by atoms with E-state index in [9.17, 15) is 34.2 Å². The maximum absolute atomic E-state index is 13.2. The average Bonchev–Trinajstić information content (AvgIpc) is 2.36. The topological polar surface area (TPSA) is 120 Å². The average molecular weight is 270 g/mol. The zero-order valence-electron chi connectivity index (χ0n) is 9.53. The molecule has 0 aliphatic heterocycles. The van der Waals surface area contributed by atoms with Crippen molar-refractivity contribution in [3.8, 4) is 0 Å². The molecular formula is C10H7FN2O6. The minimum atomic E-state index is -2.50. The number of rotatable bonds is 5. The fourth-order valence-corrected chi connectivity index (χ4v) is 1.28. The van der Waals surface area contributed by atoms with Crippen molar-refractivity contribution in [2.45, 2.75) is 13.1 Å². The molecule has 0 aliphatic rings. The fraction of sp³-hybridized carbons (Fsp3) is 0.200. The minimum absolute atomic E-state index is 0.594. The van der Waals surface area contributed by atoms with Crippen LogP contribution in [0.4, 0.5) is 15.8 Å². The number of non-ortho nitro benzene ring substituents is 2. The third-order valence-corrected chi connectivity index (χ3v) is 2.20. The van der Waals surface area contributed by atoms with Crippen LogP contribution in [0.1, 0.15) is 17.3 Å². The van der Waals surface area contributed by atoms with Crippen molar-refractivity contribution in [3.05, 3.63) is 44.0 Å². The second kappa shape index (κ2) is 5.29. The first kappa shape index (κ1) is 14.4. The number of carbonyl (C=O) groups excluding carboxylic acids is 2. The lowest BCUT2D eigenvalue weighted by Crippen LogP contribution is -2.23. The first-order valence-corrected chi connectivity index (χ1v) is 4.86. The van der Waals surface area contributed by atoms with E-state index in [1.807, 2.05) is 0 Å². The molecule has 0 saturated heterocycles. The number of hydrogen-bond donors (Lipinski definition) is 0. The van der Waals surface area contributed by atoms with Crippen molar-refractivity contribution in [2.24, 2.45) is 0 Å². The largest absolute Gasteiger partial charge is 0.296 e. The molecule has 0 aliphatic carbocycles. The number of alkyl halides is 1. The molecule has 0 amide bonds. The van der Waals surface area contributed by atoms with Crippen molar-refractivity contribution < 1.29 is 23.8 Å². The number of Topliss-reactive ketones (excluding diaryl/α,β-unsaturated/α-hetero) is 2. The van der Waals surface area contributed by atoms with Gasteiger partial charge in [-0.05, 0) is 6.92 Å². The van der Waals surface area contributed by atoms with Crippen LogP contribution in [0.3, 0.4) is 0 Å². The van der Waals surface area contributed by atoms with E-state index in [4.69, 9.17) is 0 Å². The Morgan fingerprint density at radius 3 is 1.84 bits per heavy atom. The predicted octanol–water partition coefficient (Wildman–Crippen LogP) is 1.61. The van der Waals surface area contributed by atoms with Gasteiger partial charge in [0.25, 0.3) is 11.4 Å². The Kier molecular flexibility index (Phi) is 4.00. The Balaban J connectivity index is 3.35. The molecule has 0 radical (unpaired) electrons. The van der Waals surface area contributed by atoms with Crippen LogP contribution in [0.5, 0.6) is 0 Å². The smallest absolute Gasteiger partial charge is 0.277 e. The van der Waals surface area contributed by atoms with Crippen LogP contribution in [0, 0.1) is 20.2 Å². The van der Waals surface area contributed by atoms with E-state index in [1.54, 1.807) is 0 Å². The van der Waals surface area contributed by atoms with Crippen molar-refractivity contribution in [3.63, 3.8) is 0 Å². The molecule has 1 aromatic carbocycles. The minimum Gasteiger partial charge on any atom is -0.296 e. The summed E-state index contributed by atoms with van der Waals surface area (Å²) in [6.07, 6.45) is -2.50. The summed E-state index contributed by atoms with van der Waals surface area (Å²) in [6, 6.07) is 2.01. The Bertz CT molecular complexity index is 553. The number of halogens is 1. The highest BCUT2D eigenvalue weighted by Crippen LogP contribution is 2.24. The standard InChI is InChI=1S/C10H7FN2O6/c1-5(14)9(11)10(15)6-2-7(12(16)17)4-8(3-6)13(18)19/h2-4,9H,1H3. The molecule has 1 rings (SSSR count). The number of carbonyl (C=O) groups is 2. The Labute approximate surface area is 105 Å². The second-order valence-corrected chi connectivity index (χ2v) is 3.59. The SMILES string of the molecule is CC(=O)C(F)C(=O)c1cc([N+](=O)[O-])cc([N+](=O)[O-])c1. The highest BCUT2D eigenvalue weighted by molar-refractivity contribution is 6.12. The van der Waals surface area contributed by atoms with E-state index in [0.29, 0.717) is 18.2 Å². The normalized spacial score (nSPS) is 11.7. The van der Waals surface area contributed by atoms with Crippen LogP contribution in [0.25, 0.3) is 0 Å². The van der Waals surface area contributed by atoms with E-state index in [2.05, 4.69) is 0 Å². The Hall–Kier alpha value is -2.71. The van der Waals surface area contributed by atoms with E-state index >= 15 is 0 Å². The zero-order valence-corrected chi connectivity index (χ0v) is 9.53. The zero-order chi connectivity index (χ0) is 14.7. The van der Waals surface area contributed by atoms with Gasteiger partial charge in [0.05, 0.1) is 15.9 Å². The van der Waals surface area contributed by atoms with Crippen LogP contribution in [-0.4, -0.2) is 27.6 Å². The van der Waals surface area contributed by atoms with Gasteiger partial charge < -0.3 is 0 Å². The number of nitro benzene ring substituents is 2. The molecule has 19 heavy (non-hydrogen) atoms. The van der Waals surface area contributed by atoms with Crippen LogP contribution < -0.4 is 0 Å². The van der Waals surface area contributed by atoms with Gasteiger partial charge in [-0.15, -0.1) is 0 Å². The van der Waals surface area contributed by atoms with Crippen LogP contribution in [0.15, 0.2) is 18.2 Å². The summed E-state index contributed by atoms with van der Waals surface area (Å²) < 4.78 is 13.2. The quantitative estimate of drug-likeness (QED) is 0.347. The lowest BCUT2D eigenvalue weighted by atomic mass is 10.0. The molecular weight excluding hydrogens is 263 g/mol. The summed E-state index contributed by atoms with van der Waals surface area (Å²) in [7, 11) is 0. The third-order valence-electron chi connectivity index (χ3n) is 2.20. The second-order valence-electron chi connectivity index (χ2n) is 3.59. The third kappa shape index (κ3) is 3.15. The van der Waals surface area contributed by atoms with Crippen molar-refractivity contribution in [1.29, 1.82) is 0 Å². The Morgan fingerprint density at radius 2 is 1.53 bits per heavy atom. The van der Waals surface area contributed by atoms with Gasteiger partial charge in [-0.3, -0.25) is 29.8 Å². The van der Waals surface area contributed by atoms with Crippen LogP contribution in [-0.2, 0) is 4.79 Å². The molecule has 0 saturated carbocycles. The van der Waals surface area contributed by atoms with Gasteiger partial charge in [0, 0.05) is 17.7 Å².